The fourth-order valence-corrected chi connectivity index (χ4v) is 4.23. The molecule has 6 aromatic rings. The SMILES string of the molecule is Cc1cc2ccc3ccccc3c2[cH-]1.Cc1cc2ccc3ccccc3c2[cH-]1.[Cl-].[Cl-].[Zr+4]. The van der Waals surface area contributed by atoms with Crippen molar-refractivity contribution < 1.29 is 51.0 Å². The van der Waals surface area contributed by atoms with E-state index >= 15 is 0 Å². The molecule has 31 heavy (non-hydrogen) atoms. The maximum absolute atomic E-state index is 2.26. The second-order valence-electron chi connectivity index (χ2n) is 7.64. The van der Waals surface area contributed by atoms with E-state index in [-0.39, 0.29) is 51.0 Å². The quantitative estimate of drug-likeness (QED) is 0.269. The molecule has 0 amide bonds. The molecule has 6 aromatic carbocycles. The maximum atomic E-state index is 2.26. The normalized spacial score (nSPS) is 10.1. The van der Waals surface area contributed by atoms with Gasteiger partial charge >= 0.3 is 26.2 Å². The molecule has 0 aliphatic carbocycles. The zero-order valence-corrected chi connectivity index (χ0v) is 21.5. The largest absolute Gasteiger partial charge is 4.00 e. The fourth-order valence-electron chi connectivity index (χ4n) is 4.23. The average molecular weight is 521 g/mol. The summed E-state index contributed by atoms with van der Waals surface area (Å²) in [6, 6.07) is 34.9. The van der Waals surface area contributed by atoms with Gasteiger partial charge in [0.1, 0.15) is 0 Å². The molecule has 0 heterocycles. The maximum Gasteiger partial charge on any atom is 4.00 e. The molecule has 0 aromatic heterocycles. The Morgan fingerprint density at radius 2 is 0.839 bits per heavy atom. The van der Waals surface area contributed by atoms with Crippen molar-refractivity contribution in [2.24, 2.45) is 0 Å². The number of fused-ring (bicyclic) bond motifs is 6. The van der Waals surface area contributed by atoms with Gasteiger partial charge in [-0.05, 0) is 0 Å². The molecule has 0 saturated heterocycles. The van der Waals surface area contributed by atoms with E-state index in [1.165, 1.54) is 54.2 Å². The Hall–Kier alpha value is -1.92. The topological polar surface area (TPSA) is 0 Å². The van der Waals surface area contributed by atoms with Crippen LogP contribution in [0.1, 0.15) is 11.1 Å². The summed E-state index contributed by atoms with van der Waals surface area (Å²) in [5.74, 6) is 0. The summed E-state index contributed by atoms with van der Waals surface area (Å²) in [5.41, 5.74) is 2.69. The predicted octanol–water partition coefficient (Wildman–Crippen LogP) is 2.05. The molecule has 0 fully saturated rings. The minimum atomic E-state index is 0. The van der Waals surface area contributed by atoms with Crippen LogP contribution in [0.25, 0.3) is 43.1 Å². The van der Waals surface area contributed by atoms with E-state index in [1.807, 2.05) is 0 Å². The first-order valence-corrected chi connectivity index (χ1v) is 9.79. The standard InChI is InChI=1S/2C14H11.2ClH.Zr/c2*1-10-8-12-7-6-11-4-2-3-5-13(11)14(12)9-10;;;/h2*2-9H,1H3;2*1H;/q2*-1;;;+4/p-2. The molecule has 0 radical (unpaired) electrons. The van der Waals surface area contributed by atoms with Crippen molar-refractivity contribution in [2.45, 2.75) is 13.8 Å². The Labute approximate surface area is 214 Å². The van der Waals surface area contributed by atoms with Crippen molar-refractivity contribution >= 4 is 43.1 Å². The Bertz CT molecular complexity index is 1330. The van der Waals surface area contributed by atoms with E-state index in [1.54, 1.807) is 0 Å². The average Bonchev–Trinajstić information content (AvgIpc) is 3.30. The Kier molecular flexibility index (Phi) is 8.67. The third-order valence-electron chi connectivity index (χ3n) is 5.52. The Balaban J connectivity index is 0.000000201. The van der Waals surface area contributed by atoms with E-state index < -0.39 is 0 Å². The smallest absolute Gasteiger partial charge is 1.00 e. The van der Waals surface area contributed by atoms with Gasteiger partial charge in [0.25, 0.3) is 0 Å². The summed E-state index contributed by atoms with van der Waals surface area (Å²) < 4.78 is 0. The minimum absolute atomic E-state index is 0. The Morgan fingerprint density at radius 1 is 0.484 bits per heavy atom. The molecule has 0 aliphatic heterocycles. The van der Waals surface area contributed by atoms with Crippen LogP contribution in [-0.4, -0.2) is 0 Å². The molecule has 0 aliphatic rings. The van der Waals surface area contributed by atoms with E-state index in [0.29, 0.717) is 0 Å². The van der Waals surface area contributed by atoms with Crippen LogP contribution < -0.4 is 24.8 Å². The summed E-state index contributed by atoms with van der Waals surface area (Å²) >= 11 is 0. The Morgan fingerprint density at radius 3 is 1.26 bits per heavy atom. The molecule has 0 saturated carbocycles. The number of aryl methyl sites for hydroxylation is 2. The van der Waals surface area contributed by atoms with Gasteiger partial charge in [-0.1, -0.05) is 96.1 Å². The van der Waals surface area contributed by atoms with E-state index in [2.05, 4.69) is 111 Å². The summed E-state index contributed by atoms with van der Waals surface area (Å²) in [6.45, 7) is 4.30. The van der Waals surface area contributed by atoms with E-state index in [9.17, 15) is 0 Å². The molecule has 0 nitrogen and oxygen atoms in total. The molecule has 3 heteroatoms. The van der Waals surface area contributed by atoms with Crippen molar-refractivity contribution in [2.75, 3.05) is 0 Å². The van der Waals surface area contributed by atoms with Crippen molar-refractivity contribution in [1.82, 2.24) is 0 Å². The van der Waals surface area contributed by atoms with Gasteiger partial charge in [-0.15, -0.1) is 56.9 Å². The van der Waals surface area contributed by atoms with Crippen LogP contribution in [-0.2, 0) is 26.2 Å². The van der Waals surface area contributed by atoms with Crippen LogP contribution in [0, 0.1) is 13.8 Å². The number of hydrogen-bond acceptors (Lipinski definition) is 0. The number of halogens is 2. The molecule has 0 bridgehead atoms. The van der Waals surface area contributed by atoms with Crippen molar-refractivity contribution in [3.05, 3.63) is 108 Å². The van der Waals surface area contributed by atoms with E-state index in [0.717, 1.165) is 0 Å². The van der Waals surface area contributed by atoms with E-state index in [4.69, 9.17) is 0 Å². The first kappa shape index (κ1) is 25.3. The van der Waals surface area contributed by atoms with Crippen LogP contribution in [0.2, 0.25) is 0 Å². The first-order chi connectivity index (χ1) is 13.7. The van der Waals surface area contributed by atoms with Gasteiger partial charge in [0.15, 0.2) is 0 Å². The van der Waals surface area contributed by atoms with Gasteiger partial charge in [0.05, 0.1) is 0 Å². The van der Waals surface area contributed by atoms with Crippen molar-refractivity contribution in [1.29, 1.82) is 0 Å². The summed E-state index contributed by atoms with van der Waals surface area (Å²) in [4.78, 5) is 0. The van der Waals surface area contributed by atoms with Crippen molar-refractivity contribution in [3.8, 4) is 0 Å². The molecule has 0 spiro atoms. The van der Waals surface area contributed by atoms with Gasteiger partial charge < -0.3 is 24.8 Å². The van der Waals surface area contributed by atoms with Crippen LogP contribution in [0.4, 0.5) is 0 Å². The number of rotatable bonds is 0. The molecule has 0 N–H and O–H groups in total. The van der Waals surface area contributed by atoms with Gasteiger partial charge in [-0.3, -0.25) is 0 Å². The molecule has 6 rings (SSSR count). The third-order valence-corrected chi connectivity index (χ3v) is 5.52. The number of benzene rings is 4. The van der Waals surface area contributed by atoms with Crippen LogP contribution in [0.3, 0.4) is 0 Å². The van der Waals surface area contributed by atoms with Gasteiger partial charge in [0, 0.05) is 0 Å². The second kappa shape index (κ2) is 10.6. The first-order valence-electron chi connectivity index (χ1n) is 9.79. The summed E-state index contributed by atoms with van der Waals surface area (Å²) in [7, 11) is 0. The molecular weight excluding hydrogens is 498 g/mol. The fraction of sp³-hybridized carbons (Fsp3) is 0.0714. The van der Waals surface area contributed by atoms with Gasteiger partial charge in [-0.2, -0.15) is 12.1 Å². The molecule has 152 valence electrons. The molecule has 0 atom stereocenters. The zero-order valence-electron chi connectivity index (χ0n) is 17.5. The predicted molar refractivity (Wildman–Crippen MR) is 124 cm³/mol. The van der Waals surface area contributed by atoms with Crippen LogP contribution >= 0.6 is 0 Å². The second-order valence-corrected chi connectivity index (χ2v) is 7.64. The van der Waals surface area contributed by atoms with Gasteiger partial charge in [0.2, 0.25) is 0 Å². The van der Waals surface area contributed by atoms with Crippen LogP contribution in [0.5, 0.6) is 0 Å². The molecular formula is C28H22Cl2Zr. The van der Waals surface area contributed by atoms with Crippen LogP contribution in [0.15, 0.2) is 97.1 Å². The molecule has 0 unspecified atom stereocenters. The minimum Gasteiger partial charge on any atom is -1.00 e. The van der Waals surface area contributed by atoms with Crippen molar-refractivity contribution in [3.63, 3.8) is 0 Å². The summed E-state index contributed by atoms with van der Waals surface area (Å²) in [5, 5.41) is 10.8. The third kappa shape index (κ3) is 4.96. The zero-order chi connectivity index (χ0) is 19.1. The number of hydrogen-bond donors (Lipinski definition) is 0. The monoisotopic (exact) mass is 518 g/mol. The van der Waals surface area contributed by atoms with Gasteiger partial charge in [-0.25, -0.2) is 0 Å². The summed E-state index contributed by atoms with van der Waals surface area (Å²) in [6.07, 6.45) is 0.